The van der Waals surface area contributed by atoms with E-state index in [1.54, 1.807) is 12.4 Å². The maximum Gasteiger partial charge on any atom is 0.319 e. The van der Waals surface area contributed by atoms with Gasteiger partial charge in [0, 0.05) is 18.1 Å². The highest BCUT2D eigenvalue weighted by molar-refractivity contribution is 5.89. The van der Waals surface area contributed by atoms with Crippen molar-refractivity contribution in [3.05, 3.63) is 59.4 Å². The van der Waals surface area contributed by atoms with E-state index >= 15 is 0 Å². The molecule has 0 fully saturated rings. The van der Waals surface area contributed by atoms with Crippen LogP contribution in [0, 0.1) is 13.8 Å². The molecule has 0 aliphatic heterocycles. The molecule has 1 atom stereocenters. The summed E-state index contributed by atoms with van der Waals surface area (Å²) in [7, 11) is 0. The normalized spacial score (nSPS) is 11.8. The standard InChI is InChI=1S/C16H19N3O/c1-11-7-12(2)9-15(8-11)19-16(20)18-13(3)14-5-4-6-17-10-14/h4-10,13H,1-3H3,(H2,18,19,20)/t13-/m0/s1. The molecule has 0 saturated heterocycles. The Hall–Kier alpha value is -2.36. The molecule has 1 aromatic carbocycles. The molecular weight excluding hydrogens is 250 g/mol. The number of carbonyl (C=O) groups excluding carboxylic acids is 1. The first-order valence-electron chi connectivity index (χ1n) is 6.60. The fraction of sp³-hybridized carbons (Fsp3) is 0.250. The van der Waals surface area contributed by atoms with E-state index in [0.717, 1.165) is 22.4 Å². The third kappa shape index (κ3) is 3.82. The van der Waals surface area contributed by atoms with Crippen LogP contribution in [0.15, 0.2) is 42.7 Å². The lowest BCUT2D eigenvalue weighted by molar-refractivity contribution is 0.249. The average Bonchev–Trinajstić information content (AvgIpc) is 2.38. The zero-order valence-electron chi connectivity index (χ0n) is 12.0. The molecule has 0 spiro atoms. The lowest BCUT2D eigenvalue weighted by atomic mass is 10.1. The number of anilines is 1. The zero-order chi connectivity index (χ0) is 14.5. The van der Waals surface area contributed by atoms with Crippen LogP contribution in [-0.4, -0.2) is 11.0 Å². The largest absolute Gasteiger partial charge is 0.331 e. The van der Waals surface area contributed by atoms with Crippen LogP contribution < -0.4 is 10.6 Å². The number of carbonyl (C=O) groups is 1. The van der Waals surface area contributed by atoms with Crippen LogP contribution in [0.3, 0.4) is 0 Å². The van der Waals surface area contributed by atoms with Gasteiger partial charge in [0.1, 0.15) is 0 Å². The Morgan fingerprint density at radius 1 is 1.20 bits per heavy atom. The van der Waals surface area contributed by atoms with E-state index in [9.17, 15) is 4.79 Å². The molecule has 1 aromatic heterocycles. The molecule has 0 aliphatic carbocycles. The minimum absolute atomic E-state index is 0.0883. The van der Waals surface area contributed by atoms with Crippen molar-refractivity contribution >= 4 is 11.7 Å². The number of aryl methyl sites for hydroxylation is 2. The molecule has 0 radical (unpaired) electrons. The first kappa shape index (κ1) is 14.1. The highest BCUT2D eigenvalue weighted by Gasteiger charge is 2.09. The van der Waals surface area contributed by atoms with Crippen molar-refractivity contribution in [2.75, 3.05) is 5.32 Å². The Morgan fingerprint density at radius 3 is 2.50 bits per heavy atom. The SMILES string of the molecule is Cc1cc(C)cc(NC(=O)N[C@@H](C)c2cccnc2)c1. The molecule has 1 heterocycles. The summed E-state index contributed by atoms with van der Waals surface area (Å²) >= 11 is 0. The molecule has 2 rings (SSSR count). The van der Waals surface area contributed by atoms with Crippen molar-refractivity contribution < 1.29 is 4.79 Å². The molecule has 2 amide bonds. The first-order valence-corrected chi connectivity index (χ1v) is 6.60. The topological polar surface area (TPSA) is 54.0 Å². The summed E-state index contributed by atoms with van der Waals surface area (Å²) in [5, 5.41) is 5.75. The summed E-state index contributed by atoms with van der Waals surface area (Å²) in [4.78, 5) is 16.0. The molecule has 2 N–H and O–H groups in total. The van der Waals surface area contributed by atoms with Crippen molar-refractivity contribution in [3.63, 3.8) is 0 Å². The van der Waals surface area contributed by atoms with Gasteiger partial charge in [-0.2, -0.15) is 0 Å². The third-order valence-electron chi connectivity index (χ3n) is 3.01. The fourth-order valence-electron chi connectivity index (χ4n) is 2.13. The molecule has 0 bridgehead atoms. The second-order valence-corrected chi connectivity index (χ2v) is 4.98. The Bertz CT molecular complexity index is 576. The number of hydrogen-bond donors (Lipinski definition) is 2. The van der Waals surface area contributed by atoms with Crippen LogP contribution in [0.4, 0.5) is 10.5 Å². The predicted octanol–water partition coefficient (Wildman–Crippen LogP) is 3.58. The third-order valence-corrected chi connectivity index (χ3v) is 3.01. The van der Waals surface area contributed by atoms with Crippen molar-refractivity contribution in [1.29, 1.82) is 0 Å². The summed E-state index contributed by atoms with van der Waals surface area (Å²) < 4.78 is 0. The van der Waals surface area contributed by atoms with Crippen LogP contribution in [0.2, 0.25) is 0 Å². The summed E-state index contributed by atoms with van der Waals surface area (Å²) in [5.41, 5.74) is 4.03. The number of nitrogens with zero attached hydrogens (tertiary/aromatic N) is 1. The second kappa shape index (κ2) is 6.19. The molecule has 4 nitrogen and oxygen atoms in total. The lowest BCUT2D eigenvalue weighted by Crippen LogP contribution is -2.31. The monoisotopic (exact) mass is 269 g/mol. The molecule has 2 aromatic rings. The van der Waals surface area contributed by atoms with Crippen molar-refractivity contribution in [1.82, 2.24) is 10.3 Å². The number of nitrogens with one attached hydrogen (secondary N) is 2. The van der Waals surface area contributed by atoms with E-state index < -0.39 is 0 Å². The molecule has 0 saturated carbocycles. The molecular formula is C16H19N3O. The van der Waals surface area contributed by atoms with E-state index in [2.05, 4.69) is 21.7 Å². The number of rotatable bonds is 3. The summed E-state index contributed by atoms with van der Waals surface area (Å²) in [6.07, 6.45) is 3.47. The van der Waals surface area contributed by atoms with Gasteiger partial charge in [-0.1, -0.05) is 12.1 Å². The van der Waals surface area contributed by atoms with Gasteiger partial charge in [-0.25, -0.2) is 4.79 Å². The Kier molecular flexibility index (Phi) is 4.35. The zero-order valence-corrected chi connectivity index (χ0v) is 12.0. The average molecular weight is 269 g/mol. The van der Waals surface area contributed by atoms with E-state index in [1.165, 1.54) is 0 Å². The van der Waals surface area contributed by atoms with Gasteiger partial charge in [0.2, 0.25) is 0 Å². The van der Waals surface area contributed by atoms with Gasteiger partial charge in [-0.05, 0) is 55.7 Å². The summed E-state index contributed by atoms with van der Waals surface area (Å²) in [6, 6.07) is 9.45. The van der Waals surface area contributed by atoms with Gasteiger partial charge in [-0.15, -0.1) is 0 Å². The Labute approximate surface area is 119 Å². The smallest absolute Gasteiger partial charge is 0.319 e. The maximum atomic E-state index is 12.0. The number of benzene rings is 1. The van der Waals surface area contributed by atoms with Gasteiger partial charge in [0.15, 0.2) is 0 Å². The highest BCUT2D eigenvalue weighted by atomic mass is 16.2. The van der Waals surface area contributed by atoms with Crippen molar-refractivity contribution in [2.45, 2.75) is 26.8 Å². The number of hydrogen-bond acceptors (Lipinski definition) is 2. The van der Waals surface area contributed by atoms with Crippen molar-refractivity contribution in [3.8, 4) is 0 Å². The van der Waals surface area contributed by atoms with Gasteiger partial charge < -0.3 is 10.6 Å². The van der Waals surface area contributed by atoms with Crippen molar-refractivity contribution in [2.24, 2.45) is 0 Å². The second-order valence-electron chi connectivity index (χ2n) is 4.98. The van der Waals surface area contributed by atoms with Gasteiger partial charge in [0.25, 0.3) is 0 Å². The van der Waals surface area contributed by atoms with E-state index in [-0.39, 0.29) is 12.1 Å². The van der Waals surface area contributed by atoms with E-state index in [4.69, 9.17) is 0 Å². The fourth-order valence-corrected chi connectivity index (χ4v) is 2.13. The number of amides is 2. The first-order chi connectivity index (χ1) is 9.54. The maximum absolute atomic E-state index is 12.0. The molecule has 0 aliphatic rings. The molecule has 20 heavy (non-hydrogen) atoms. The van der Waals surface area contributed by atoms with Gasteiger partial charge >= 0.3 is 6.03 Å². The van der Waals surface area contributed by atoms with E-state index in [0.29, 0.717) is 0 Å². The van der Waals surface area contributed by atoms with Crippen LogP contribution in [0.25, 0.3) is 0 Å². The number of urea groups is 1. The van der Waals surface area contributed by atoms with Crippen LogP contribution in [-0.2, 0) is 0 Å². The number of pyridine rings is 1. The van der Waals surface area contributed by atoms with Crippen LogP contribution >= 0.6 is 0 Å². The summed E-state index contributed by atoms with van der Waals surface area (Å²) in [6.45, 7) is 5.95. The molecule has 4 heteroatoms. The van der Waals surface area contributed by atoms with Gasteiger partial charge in [0.05, 0.1) is 6.04 Å². The van der Waals surface area contributed by atoms with Crippen LogP contribution in [0.1, 0.15) is 29.7 Å². The highest BCUT2D eigenvalue weighted by Crippen LogP contribution is 2.14. The lowest BCUT2D eigenvalue weighted by Gasteiger charge is -2.15. The Balaban J connectivity index is 1.99. The van der Waals surface area contributed by atoms with E-state index in [1.807, 2.05) is 45.0 Å². The van der Waals surface area contributed by atoms with Gasteiger partial charge in [-0.3, -0.25) is 4.98 Å². The number of aromatic nitrogens is 1. The quantitative estimate of drug-likeness (QED) is 0.894. The Morgan fingerprint density at radius 2 is 1.90 bits per heavy atom. The minimum Gasteiger partial charge on any atom is -0.331 e. The minimum atomic E-state index is -0.216. The molecule has 0 unspecified atom stereocenters. The van der Waals surface area contributed by atoms with Crippen LogP contribution in [0.5, 0.6) is 0 Å². The summed E-state index contributed by atoms with van der Waals surface area (Å²) in [5.74, 6) is 0. The molecule has 104 valence electrons. The predicted molar refractivity (Wildman–Crippen MR) is 80.7 cm³/mol.